The highest BCUT2D eigenvalue weighted by Crippen LogP contribution is 2.18. The average molecular weight is 199 g/mol. The minimum Gasteiger partial charge on any atom is -0.154 e. The molecule has 1 aromatic rings. The Morgan fingerprint density at radius 3 is 2.31 bits per heavy atom. The Kier molecular flexibility index (Phi) is 3.26. The fraction of sp³-hybridized carbons (Fsp3) is 0.600. The van der Waals surface area contributed by atoms with Crippen LogP contribution in [0.3, 0.4) is 0 Å². The predicted molar refractivity (Wildman–Crippen MR) is 55.1 cm³/mol. The SMILES string of the molecule is Cc1c(Cl)nnc(CC(C)C)c1C. The van der Waals surface area contributed by atoms with Crippen molar-refractivity contribution in [2.75, 3.05) is 0 Å². The normalized spacial score (nSPS) is 10.9. The Morgan fingerprint density at radius 1 is 1.15 bits per heavy atom. The van der Waals surface area contributed by atoms with E-state index in [1.807, 2.05) is 13.8 Å². The zero-order valence-electron chi connectivity index (χ0n) is 8.56. The van der Waals surface area contributed by atoms with Gasteiger partial charge in [-0.25, -0.2) is 0 Å². The summed E-state index contributed by atoms with van der Waals surface area (Å²) in [5.74, 6) is 0.605. The zero-order chi connectivity index (χ0) is 10.0. The molecule has 0 spiro atoms. The number of hydrogen-bond acceptors (Lipinski definition) is 2. The van der Waals surface area contributed by atoms with Crippen LogP contribution in [-0.2, 0) is 6.42 Å². The van der Waals surface area contributed by atoms with E-state index in [1.54, 1.807) is 0 Å². The van der Waals surface area contributed by atoms with Crippen LogP contribution in [0, 0.1) is 19.8 Å². The first-order valence-corrected chi connectivity index (χ1v) is 4.88. The standard InChI is InChI=1S/C10H15ClN2/c1-6(2)5-9-7(3)8(4)10(11)13-12-9/h6H,5H2,1-4H3. The Bertz CT molecular complexity index is 308. The minimum atomic E-state index is 0.519. The van der Waals surface area contributed by atoms with Gasteiger partial charge in [-0.1, -0.05) is 25.4 Å². The lowest BCUT2D eigenvalue weighted by Gasteiger charge is -2.09. The molecule has 0 aliphatic heterocycles. The Morgan fingerprint density at radius 2 is 1.77 bits per heavy atom. The van der Waals surface area contributed by atoms with Crippen molar-refractivity contribution in [1.29, 1.82) is 0 Å². The van der Waals surface area contributed by atoms with Crippen LogP contribution in [-0.4, -0.2) is 10.2 Å². The maximum atomic E-state index is 5.85. The van der Waals surface area contributed by atoms with E-state index in [-0.39, 0.29) is 0 Å². The summed E-state index contributed by atoms with van der Waals surface area (Å²) in [6, 6.07) is 0. The molecule has 0 aliphatic carbocycles. The summed E-state index contributed by atoms with van der Waals surface area (Å²) in [4.78, 5) is 0. The van der Waals surface area contributed by atoms with Gasteiger partial charge in [0.05, 0.1) is 5.69 Å². The molecule has 0 saturated carbocycles. The van der Waals surface area contributed by atoms with E-state index < -0.39 is 0 Å². The second-order valence-corrected chi connectivity index (χ2v) is 4.14. The van der Waals surface area contributed by atoms with Gasteiger partial charge in [-0.3, -0.25) is 0 Å². The molecule has 72 valence electrons. The van der Waals surface area contributed by atoms with Gasteiger partial charge in [-0.15, -0.1) is 5.10 Å². The van der Waals surface area contributed by atoms with Crippen LogP contribution in [0.25, 0.3) is 0 Å². The van der Waals surface area contributed by atoms with Crippen molar-refractivity contribution in [1.82, 2.24) is 10.2 Å². The zero-order valence-corrected chi connectivity index (χ0v) is 9.31. The molecule has 0 amide bonds. The van der Waals surface area contributed by atoms with Gasteiger partial charge in [0.25, 0.3) is 0 Å². The van der Waals surface area contributed by atoms with Crippen molar-refractivity contribution in [3.05, 3.63) is 22.0 Å². The van der Waals surface area contributed by atoms with Gasteiger partial charge >= 0.3 is 0 Å². The third kappa shape index (κ3) is 2.41. The molecule has 1 aromatic heterocycles. The molecule has 0 fully saturated rings. The fourth-order valence-corrected chi connectivity index (χ4v) is 1.39. The molecule has 0 saturated heterocycles. The third-order valence-corrected chi connectivity index (χ3v) is 2.52. The monoisotopic (exact) mass is 198 g/mol. The van der Waals surface area contributed by atoms with Gasteiger partial charge in [-0.2, -0.15) is 5.10 Å². The van der Waals surface area contributed by atoms with Gasteiger partial charge in [0, 0.05) is 0 Å². The quantitative estimate of drug-likeness (QED) is 0.730. The summed E-state index contributed by atoms with van der Waals surface area (Å²) in [6.07, 6.45) is 0.969. The molecule has 2 nitrogen and oxygen atoms in total. The first-order valence-electron chi connectivity index (χ1n) is 4.50. The lowest BCUT2D eigenvalue weighted by Crippen LogP contribution is -2.04. The van der Waals surface area contributed by atoms with Crippen LogP contribution < -0.4 is 0 Å². The van der Waals surface area contributed by atoms with Crippen molar-refractivity contribution in [3.63, 3.8) is 0 Å². The topological polar surface area (TPSA) is 25.8 Å². The second-order valence-electron chi connectivity index (χ2n) is 3.79. The molecular formula is C10H15ClN2. The number of aromatic nitrogens is 2. The first kappa shape index (κ1) is 10.5. The summed E-state index contributed by atoms with van der Waals surface area (Å²) >= 11 is 5.85. The minimum absolute atomic E-state index is 0.519. The van der Waals surface area contributed by atoms with Gasteiger partial charge < -0.3 is 0 Å². The Hall–Kier alpha value is -0.630. The lowest BCUT2D eigenvalue weighted by atomic mass is 10.0. The van der Waals surface area contributed by atoms with Crippen molar-refractivity contribution >= 4 is 11.6 Å². The Balaban J connectivity index is 3.04. The van der Waals surface area contributed by atoms with E-state index >= 15 is 0 Å². The molecule has 0 aliphatic rings. The molecule has 0 N–H and O–H groups in total. The van der Waals surface area contributed by atoms with Crippen LogP contribution >= 0.6 is 11.6 Å². The van der Waals surface area contributed by atoms with Crippen LogP contribution in [0.15, 0.2) is 0 Å². The molecule has 0 atom stereocenters. The van der Waals surface area contributed by atoms with Gasteiger partial charge in [0.1, 0.15) is 0 Å². The van der Waals surface area contributed by atoms with Crippen molar-refractivity contribution in [2.24, 2.45) is 5.92 Å². The molecule has 1 heterocycles. The van der Waals surface area contributed by atoms with Crippen molar-refractivity contribution in [3.8, 4) is 0 Å². The third-order valence-electron chi connectivity index (χ3n) is 2.16. The molecule has 3 heteroatoms. The summed E-state index contributed by atoms with van der Waals surface area (Å²) in [6.45, 7) is 8.37. The summed E-state index contributed by atoms with van der Waals surface area (Å²) in [5.41, 5.74) is 3.29. The largest absolute Gasteiger partial charge is 0.154 e. The number of hydrogen-bond donors (Lipinski definition) is 0. The molecule has 0 unspecified atom stereocenters. The highest BCUT2D eigenvalue weighted by molar-refractivity contribution is 6.30. The fourth-order valence-electron chi connectivity index (χ4n) is 1.21. The van der Waals surface area contributed by atoms with E-state index in [0.717, 1.165) is 17.7 Å². The Labute approximate surface area is 84.3 Å². The molecular weight excluding hydrogens is 184 g/mol. The van der Waals surface area contributed by atoms with Crippen molar-refractivity contribution < 1.29 is 0 Å². The second kappa shape index (κ2) is 4.05. The average Bonchev–Trinajstić information content (AvgIpc) is 2.06. The van der Waals surface area contributed by atoms with Crippen LogP contribution in [0.4, 0.5) is 0 Å². The number of halogens is 1. The van der Waals surface area contributed by atoms with Gasteiger partial charge in [-0.05, 0) is 37.3 Å². The maximum absolute atomic E-state index is 5.85. The molecule has 1 rings (SSSR count). The molecule has 0 aromatic carbocycles. The van der Waals surface area contributed by atoms with E-state index in [0.29, 0.717) is 11.1 Å². The predicted octanol–water partition coefficient (Wildman–Crippen LogP) is 2.95. The molecule has 0 bridgehead atoms. The summed E-state index contributed by atoms with van der Waals surface area (Å²) in [7, 11) is 0. The molecule has 0 radical (unpaired) electrons. The highest BCUT2D eigenvalue weighted by Gasteiger charge is 2.08. The van der Waals surface area contributed by atoms with Crippen LogP contribution in [0.2, 0.25) is 5.15 Å². The lowest BCUT2D eigenvalue weighted by molar-refractivity contribution is 0.623. The van der Waals surface area contributed by atoms with Gasteiger partial charge in [0.2, 0.25) is 0 Å². The maximum Gasteiger partial charge on any atom is 0.154 e. The number of rotatable bonds is 2. The van der Waals surface area contributed by atoms with Gasteiger partial charge in [0.15, 0.2) is 5.15 Å². The van der Waals surface area contributed by atoms with E-state index in [9.17, 15) is 0 Å². The summed E-state index contributed by atoms with van der Waals surface area (Å²) in [5, 5.41) is 8.52. The van der Waals surface area contributed by atoms with E-state index in [1.165, 1.54) is 5.56 Å². The first-order chi connectivity index (χ1) is 6.02. The van der Waals surface area contributed by atoms with E-state index in [4.69, 9.17) is 11.6 Å². The smallest absolute Gasteiger partial charge is 0.154 e. The number of nitrogens with zero attached hydrogens (tertiary/aromatic N) is 2. The molecule has 13 heavy (non-hydrogen) atoms. The van der Waals surface area contributed by atoms with Crippen molar-refractivity contribution in [2.45, 2.75) is 34.1 Å². The van der Waals surface area contributed by atoms with Crippen LogP contribution in [0.5, 0.6) is 0 Å². The van der Waals surface area contributed by atoms with E-state index in [2.05, 4.69) is 24.0 Å². The van der Waals surface area contributed by atoms with Crippen LogP contribution in [0.1, 0.15) is 30.7 Å². The highest BCUT2D eigenvalue weighted by atomic mass is 35.5. The summed E-state index contributed by atoms with van der Waals surface area (Å²) < 4.78 is 0.